The van der Waals surface area contributed by atoms with Crippen molar-refractivity contribution in [2.24, 2.45) is 0 Å². The van der Waals surface area contributed by atoms with Crippen LogP contribution in [0.15, 0.2) is 18.3 Å². The van der Waals surface area contributed by atoms with Crippen molar-refractivity contribution < 1.29 is 9.53 Å². The number of hydrogen-bond donors (Lipinski definition) is 0. The molecule has 3 nitrogen and oxygen atoms in total. The Morgan fingerprint density at radius 3 is 2.77 bits per heavy atom. The predicted molar refractivity (Wildman–Crippen MR) is 49.8 cm³/mol. The van der Waals surface area contributed by atoms with Crippen molar-refractivity contribution in [2.75, 3.05) is 0 Å². The fourth-order valence-corrected chi connectivity index (χ4v) is 0.959. The molecule has 0 aromatic carbocycles. The van der Waals surface area contributed by atoms with Crippen LogP contribution >= 0.6 is 0 Å². The molecule has 1 aromatic heterocycles. The van der Waals surface area contributed by atoms with E-state index in [1.165, 1.54) is 0 Å². The largest absolute Gasteiger partial charge is 0.489 e. The van der Waals surface area contributed by atoms with Gasteiger partial charge in [-0.05, 0) is 26.0 Å². The molecule has 0 spiro atoms. The van der Waals surface area contributed by atoms with E-state index in [4.69, 9.17) is 4.74 Å². The average Bonchev–Trinajstić information content (AvgIpc) is 2.08. The molecule has 0 saturated heterocycles. The van der Waals surface area contributed by atoms with E-state index in [2.05, 4.69) is 4.98 Å². The fourth-order valence-electron chi connectivity index (χ4n) is 0.959. The number of carbonyl (C=O) groups is 1. The molecule has 0 amide bonds. The highest BCUT2D eigenvalue weighted by atomic mass is 16.5. The third-order valence-corrected chi connectivity index (χ3v) is 1.46. The van der Waals surface area contributed by atoms with Crippen LogP contribution in [0.2, 0.25) is 0 Å². The smallest absolute Gasteiger partial charge is 0.137 e. The first-order chi connectivity index (χ1) is 6.22. The van der Waals surface area contributed by atoms with Gasteiger partial charge in [0.25, 0.3) is 0 Å². The molecule has 0 aliphatic carbocycles. The molecule has 0 aliphatic heterocycles. The monoisotopic (exact) mass is 179 g/mol. The predicted octanol–water partition coefficient (Wildman–Crippen LogP) is 1.61. The van der Waals surface area contributed by atoms with Crippen molar-refractivity contribution in [2.45, 2.75) is 26.4 Å². The van der Waals surface area contributed by atoms with Crippen LogP contribution in [-0.2, 0) is 11.2 Å². The van der Waals surface area contributed by atoms with Crippen molar-refractivity contribution in [3.63, 3.8) is 0 Å². The molecule has 0 fully saturated rings. The van der Waals surface area contributed by atoms with Gasteiger partial charge in [0.2, 0.25) is 0 Å². The second-order valence-corrected chi connectivity index (χ2v) is 3.02. The summed E-state index contributed by atoms with van der Waals surface area (Å²) in [5, 5.41) is 0. The Morgan fingerprint density at radius 2 is 2.31 bits per heavy atom. The maximum absolute atomic E-state index is 10.2. The maximum Gasteiger partial charge on any atom is 0.137 e. The molecule has 1 rings (SSSR count). The molecule has 0 aliphatic rings. The Bertz CT molecular complexity index is 267. The van der Waals surface area contributed by atoms with Gasteiger partial charge in [-0.3, -0.25) is 4.98 Å². The molecule has 70 valence electrons. The van der Waals surface area contributed by atoms with Gasteiger partial charge in [-0.2, -0.15) is 0 Å². The molecular weight excluding hydrogens is 166 g/mol. The highest BCUT2D eigenvalue weighted by Gasteiger charge is 1.98. The van der Waals surface area contributed by atoms with E-state index in [0.29, 0.717) is 6.42 Å². The minimum atomic E-state index is 0.152. The van der Waals surface area contributed by atoms with Gasteiger partial charge in [0, 0.05) is 12.1 Å². The van der Waals surface area contributed by atoms with E-state index in [0.717, 1.165) is 17.7 Å². The van der Waals surface area contributed by atoms with Gasteiger partial charge in [0.1, 0.15) is 12.0 Å². The summed E-state index contributed by atoms with van der Waals surface area (Å²) in [7, 11) is 0. The summed E-state index contributed by atoms with van der Waals surface area (Å²) in [6, 6.07) is 3.62. The molecular formula is C10H13NO2. The van der Waals surface area contributed by atoms with Crippen LogP contribution in [0.1, 0.15) is 19.5 Å². The van der Waals surface area contributed by atoms with Gasteiger partial charge in [0.15, 0.2) is 0 Å². The van der Waals surface area contributed by atoms with Gasteiger partial charge < -0.3 is 9.53 Å². The molecule has 3 heteroatoms. The Labute approximate surface area is 77.8 Å². The number of aromatic nitrogens is 1. The van der Waals surface area contributed by atoms with Crippen LogP contribution in [0.25, 0.3) is 0 Å². The van der Waals surface area contributed by atoms with Crippen molar-refractivity contribution >= 4 is 6.29 Å². The number of aldehydes is 1. The van der Waals surface area contributed by atoms with E-state index in [9.17, 15) is 4.79 Å². The third-order valence-electron chi connectivity index (χ3n) is 1.46. The van der Waals surface area contributed by atoms with Crippen LogP contribution in [0.5, 0.6) is 5.75 Å². The minimum absolute atomic E-state index is 0.152. The second kappa shape index (κ2) is 4.60. The first-order valence-corrected chi connectivity index (χ1v) is 4.27. The average molecular weight is 179 g/mol. The molecule has 0 radical (unpaired) electrons. The highest BCUT2D eigenvalue weighted by Crippen LogP contribution is 2.10. The Morgan fingerprint density at radius 1 is 1.54 bits per heavy atom. The first-order valence-electron chi connectivity index (χ1n) is 4.27. The molecule has 0 N–H and O–H groups in total. The van der Waals surface area contributed by atoms with Crippen molar-refractivity contribution in [1.29, 1.82) is 0 Å². The summed E-state index contributed by atoms with van der Waals surface area (Å²) in [5.74, 6) is 0.740. The molecule has 0 bridgehead atoms. The standard InChI is InChI=1S/C10H13NO2/c1-8(2)13-10-4-3-9(5-6-12)11-7-10/h3-4,6-8H,5H2,1-2H3. The zero-order valence-corrected chi connectivity index (χ0v) is 7.86. The van der Waals surface area contributed by atoms with Gasteiger partial charge in [-0.1, -0.05) is 0 Å². The lowest BCUT2D eigenvalue weighted by Gasteiger charge is -2.08. The molecule has 1 aromatic rings. The Balaban J connectivity index is 2.63. The topological polar surface area (TPSA) is 39.2 Å². The molecule has 0 atom stereocenters. The number of carbonyl (C=O) groups excluding carboxylic acids is 1. The number of rotatable bonds is 4. The van der Waals surface area contributed by atoms with E-state index in [1.54, 1.807) is 12.3 Å². The van der Waals surface area contributed by atoms with Crippen LogP contribution in [-0.4, -0.2) is 17.4 Å². The van der Waals surface area contributed by atoms with Crippen molar-refractivity contribution in [1.82, 2.24) is 4.98 Å². The summed E-state index contributed by atoms with van der Waals surface area (Å²) in [4.78, 5) is 14.2. The lowest BCUT2D eigenvalue weighted by atomic mass is 10.3. The maximum atomic E-state index is 10.2. The minimum Gasteiger partial charge on any atom is -0.489 e. The van der Waals surface area contributed by atoms with Crippen LogP contribution in [0, 0.1) is 0 Å². The number of nitrogens with zero attached hydrogens (tertiary/aromatic N) is 1. The van der Waals surface area contributed by atoms with Gasteiger partial charge in [0.05, 0.1) is 12.3 Å². The Hall–Kier alpha value is -1.38. The number of hydrogen-bond acceptors (Lipinski definition) is 3. The number of ether oxygens (including phenoxy) is 1. The summed E-state index contributed by atoms with van der Waals surface area (Å²) in [6.07, 6.45) is 2.99. The summed E-state index contributed by atoms with van der Waals surface area (Å²) in [6.45, 7) is 3.92. The van der Waals surface area contributed by atoms with Crippen LogP contribution in [0.4, 0.5) is 0 Å². The molecule has 13 heavy (non-hydrogen) atoms. The fraction of sp³-hybridized carbons (Fsp3) is 0.400. The lowest BCUT2D eigenvalue weighted by molar-refractivity contribution is -0.107. The quantitative estimate of drug-likeness (QED) is 0.659. The van der Waals surface area contributed by atoms with E-state index >= 15 is 0 Å². The zero-order valence-electron chi connectivity index (χ0n) is 7.86. The Kier molecular flexibility index (Phi) is 3.43. The summed E-state index contributed by atoms with van der Waals surface area (Å²) >= 11 is 0. The summed E-state index contributed by atoms with van der Waals surface area (Å²) in [5.41, 5.74) is 0.770. The molecule has 0 unspecified atom stereocenters. The second-order valence-electron chi connectivity index (χ2n) is 3.02. The summed E-state index contributed by atoms with van der Waals surface area (Å²) < 4.78 is 5.40. The molecule has 1 heterocycles. The van der Waals surface area contributed by atoms with Crippen LogP contribution < -0.4 is 4.74 Å². The lowest BCUT2D eigenvalue weighted by Crippen LogP contribution is -2.05. The SMILES string of the molecule is CC(C)Oc1ccc(CC=O)nc1. The zero-order chi connectivity index (χ0) is 9.68. The first kappa shape index (κ1) is 9.71. The van der Waals surface area contributed by atoms with E-state index in [1.807, 2.05) is 19.9 Å². The van der Waals surface area contributed by atoms with E-state index in [-0.39, 0.29) is 6.10 Å². The van der Waals surface area contributed by atoms with Gasteiger partial charge in [-0.25, -0.2) is 0 Å². The highest BCUT2D eigenvalue weighted by molar-refractivity contribution is 5.53. The third kappa shape index (κ3) is 3.23. The molecule has 0 saturated carbocycles. The normalized spacial score (nSPS) is 10.1. The van der Waals surface area contributed by atoms with Crippen molar-refractivity contribution in [3.05, 3.63) is 24.0 Å². The number of pyridine rings is 1. The van der Waals surface area contributed by atoms with Gasteiger partial charge in [-0.15, -0.1) is 0 Å². The van der Waals surface area contributed by atoms with Crippen LogP contribution in [0.3, 0.4) is 0 Å². The van der Waals surface area contributed by atoms with Crippen molar-refractivity contribution in [3.8, 4) is 5.75 Å². The van der Waals surface area contributed by atoms with Gasteiger partial charge >= 0.3 is 0 Å². The van der Waals surface area contributed by atoms with E-state index < -0.39 is 0 Å².